The van der Waals surface area contributed by atoms with Gasteiger partial charge < -0.3 is 15.7 Å². The van der Waals surface area contributed by atoms with Gasteiger partial charge in [-0.25, -0.2) is 0 Å². The molecule has 2 atom stereocenters. The number of nitrogens with one attached hydrogen (secondary N) is 2. The molecule has 1 fully saturated rings. The predicted octanol–water partition coefficient (Wildman–Crippen LogP) is -0.127. The Morgan fingerprint density at radius 3 is 3.07 bits per heavy atom. The molecule has 3 N–H and O–H groups in total. The Balaban J connectivity index is 2.19. The minimum Gasteiger partial charge on any atom is -0.391 e. The average Bonchev–Trinajstić information content (AvgIpc) is 2.26. The van der Waals surface area contributed by atoms with Gasteiger partial charge in [0.1, 0.15) is 0 Å². The number of aliphatic hydroxyl groups is 1. The van der Waals surface area contributed by atoms with Crippen LogP contribution in [0, 0.1) is 5.92 Å². The molecule has 1 aliphatic rings. The molecule has 1 heterocycles. The zero-order valence-electron chi connectivity index (χ0n) is 8.75. The van der Waals surface area contributed by atoms with Crippen molar-refractivity contribution in [1.82, 2.24) is 10.6 Å². The Bertz CT molecular complexity index is 179. The number of carbonyl (C=O) groups is 1. The third-order valence-corrected chi connectivity index (χ3v) is 2.65. The maximum atomic E-state index is 11.6. The van der Waals surface area contributed by atoms with Gasteiger partial charge in [-0.2, -0.15) is 0 Å². The lowest BCUT2D eigenvalue weighted by atomic mass is 9.99. The smallest absolute Gasteiger partial charge is 0.224 e. The average molecular weight is 200 g/mol. The molecule has 0 spiro atoms. The highest BCUT2D eigenvalue weighted by molar-refractivity contribution is 5.78. The molecule has 4 heteroatoms. The topological polar surface area (TPSA) is 61.4 Å². The van der Waals surface area contributed by atoms with Crippen molar-refractivity contribution >= 4 is 5.91 Å². The van der Waals surface area contributed by atoms with Crippen molar-refractivity contribution in [3.63, 3.8) is 0 Å². The van der Waals surface area contributed by atoms with Crippen molar-refractivity contribution in [3.05, 3.63) is 0 Å². The van der Waals surface area contributed by atoms with E-state index in [0.717, 1.165) is 25.9 Å². The first-order chi connectivity index (χ1) is 6.74. The van der Waals surface area contributed by atoms with Gasteiger partial charge in [0.2, 0.25) is 5.91 Å². The SMILES string of the molecule is CCC(O)CNC(=O)[C@@H]1CCCNC1. The fraction of sp³-hybridized carbons (Fsp3) is 0.900. The van der Waals surface area contributed by atoms with Crippen molar-refractivity contribution in [1.29, 1.82) is 0 Å². The summed E-state index contributed by atoms with van der Waals surface area (Å²) in [7, 11) is 0. The van der Waals surface area contributed by atoms with Gasteiger partial charge in [0, 0.05) is 13.1 Å². The monoisotopic (exact) mass is 200 g/mol. The Labute approximate surface area is 85.1 Å². The third kappa shape index (κ3) is 3.64. The lowest BCUT2D eigenvalue weighted by Gasteiger charge is -2.22. The lowest BCUT2D eigenvalue weighted by molar-refractivity contribution is -0.125. The summed E-state index contributed by atoms with van der Waals surface area (Å²) in [6.07, 6.45) is 2.30. The molecule has 14 heavy (non-hydrogen) atoms. The number of hydrogen-bond acceptors (Lipinski definition) is 3. The number of piperidine rings is 1. The van der Waals surface area contributed by atoms with E-state index in [1.54, 1.807) is 0 Å². The van der Waals surface area contributed by atoms with Crippen molar-refractivity contribution < 1.29 is 9.90 Å². The minimum absolute atomic E-state index is 0.0738. The van der Waals surface area contributed by atoms with Crippen molar-refractivity contribution in [3.8, 4) is 0 Å². The van der Waals surface area contributed by atoms with Crippen LogP contribution in [0.4, 0.5) is 0 Å². The molecule has 0 bridgehead atoms. The Hall–Kier alpha value is -0.610. The van der Waals surface area contributed by atoms with Gasteiger partial charge in [-0.05, 0) is 25.8 Å². The Morgan fingerprint density at radius 1 is 1.71 bits per heavy atom. The third-order valence-electron chi connectivity index (χ3n) is 2.65. The quantitative estimate of drug-likeness (QED) is 0.592. The van der Waals surface area contributed by atoms with Gasteiger partial charge in [0.15, 0.2) is 0 Å². The summed E-state index contributed by atoms with van der Waals surface area (Å²) in [5.74, 6) is 0.164. The van der Waals surface area contributed by atoms with Crippen LogP contribution in [-0.2, 0) is 4.79 Å². The highest BCUT2D eigenvalue weighted by Crippen LogP contribution is 2.09. The van der Waals surface area contributed by atoms with E-state index in [4.69, 9.17) is 0 Å². The van der Waals surface area contributed by atoms with Crippen LogP contribution < -0.4 is 10.6 Å². The van der Waals surface area contributed by atoms with E-state index in [0.29, 0.717) is 13.0 Å². The van der Waals surface area contributed by atoms with Gasteiger partial charge in [-0.1, -0.05) is 6.92 Å². The van der Waals surface area contributed by atoms with Crippen LogP contribution in [0.2, 0.25) is 0 Å². The second-order valence-corrected chi connectivity index (χ2v) is 3.85. The second kappa shape index (κ2) is 5.98. The van der Waals surface area contributed by atoms with E-state index in [-0.39, 0.29) is 11.8 Å². The van der Waals surface area contributed by atoms with Gasteiger partial charge >= 0.3 is 0 Å². The molecule has 0 radical (unpaired) electrons. The maximum Gasteiger partial charge on any atom is 0.224 e. The molecule has 1 rings (SSSR count). The van der Waals surface area contributed by atoms with Gasteiger partial charge in [-0.3, -0.25) is 4.79 Å². The summed E-state index contributed by atoms with van der Waals surface area (Å²) in [5.41, 5.74) is 0. The van der Waals surface area contributed by atoms with E-state index in [1.807, 2.05) is 6.92 Å². The standard InChI is InChI=1S/C10H20N2O2/c1-2-9(13)7-12-10(14)8-4-3-5-11-6-8/h8-9,11,13H,2-7H2,1H3,(H,12,14)/t8-,9?/m1/s1. The highest BCUT2D eigenvalue weighted by atomic mass is 16.3. The molecular formula is C10H20N2O2. The summed E-state index contributed by atoms with van der Waals surface area (Å²) in [6.45, 7) is 4.07. The molecule has 0 aromatic rings. The second-order valence-electron chi connectivity index (χ2n) is 3.85. The zero-order chi connectivity index (χ0) is 10.4. The van der Waals surface area contributed by atoms with Crippen LogP contribution in [0.1, 0.15) is 26.2 Å². The number of hydrogen-bond donors (Lipinski definition) is 3. The van der Waals surface area contributed by atoms with Gasteiger partial charge in [-0.15, -0.1) is 0 Å². The van der Waals surface area contributed by atoms with E-state index < -0.39 is 6.10 Å². The van der Waals surface area contributed by atoms with Crippen molar-refractivity contribution in [2.24, 2.45) is 5.92 Å². The number of aliphatic hydroxyl groups excluding tert-OH is 1. The molecule has 0 aromatic heterocycles. The van der Waals surface area contributed by atoms with E-state index >= 15 is 0 Å². The van der Waals surface area contributed by atoms with Crippen LogP contribution in [0.25, 0.3) is 0 Å². The van der Waals surface area contributed by atoms with Gasteiger partial charge in [0.25, 0.3) is 0 Å². The fourth-order valence-corrected chi connectivity index (χ4v) is 1.58. The van der Waals surface area contributed by atoms with E-state index in [2.05, 4.69) is 10.6 Å². The molecule has 1 aliphatic heterocycles. The molecule has 4 nitrogen and oxygen atoms in total. The molecule has 0 aromatic carbocycles. The zero-order valence-corrected chi connectivity index (χ0v) is 8.75. The normalized spacial score (nSPS) is 24.3. The van der Waals surface area contributed by atoms with Crippen LogP contribution in [-0.4, -0.2) is 36.8 Å². The summed E-state index contributed by atoms with van der Waals surface area (Å²) < 4.78 is 0. The molecule has 0 aliphatic carbocycles. The van der Waals surface area contributed by atoms with Gasteiger partial charge in [0.05, 0.1) is 12.0 Å². The predicted molar refractivity (Wildman–Crippen MR) is 54.9 cm³/mol. The molecule has 0 saturated carbocycles. The Kier molecular flexibility index (Phi) is 4.90. The molecule has 1 unspecified atom stereocenters. The molecule has 82 valence electrons. The fourth-order valence-electron chi connectivity index (χ4n) is 1.58. The minimum atomic E-state index is -0.407. The van der Waals surface area contributed by atoms with Crippen molar-refractivity contribution in [2.45, 2.75) is 32.3 Å². The highest BCUT2D eigenvalue weighted by Gasteiger charge is 2.20. The summed E-state index contributed by atoms with van der Waals surface area (Å²) in [6, 6.07) is 0. The first kappa shape index (κ1) is 11.5. The first-order valence-corrected chi connectivity index (χ1v) is 5.40. The van der Waals surface area contributed by atoms with Crippen LogP contribution >= 0.6 is 0 Å². The molecule has 1 amide bonds. The number of carbonyl (C=O) groups excluding carboxylic acids is 1. The van der Waals surface area contributed by atoms with E-state index in [9.17, 15) is 9.90 Å². The number of amides is 1. The molecule has 1 saturated heterocycles. The largest absolute Gasteiger partial charge is 0.391 e. The maximum absolute atomic E-state index is 11.6. The first-order valence-electron chi connectivity index (χ1n) is 5.40. The summed E-state index contributed by atoms with van der Waals surface area (Å²) in [5, 5.41) is 15.2. The van der Waals surface area contributed by atoms with E-state index in [1.165, 1.54) is 0 Å². The van der Waals surface area contributed by atoms with Crippen LogP contribution in [0.3, 0.4) is 0 Å². The Morgan fingerprint density at radius 2 is 2.50 bits per heavy atom. The summed E-state index contributed by atoms with van der Waals surface area (Å²) in [4.78, 5) is 11.6. The van der Waals surface area contributed by atoms with Crippen molar-refractivity contribution in [2.75, 3.05) is 19.6 Å². The molecular weight excluding hydrogens is 180 g/mol. The van der Waals surface area contributed by atoms with Crippen LogP contribution in [0.15, 0.2) is 0 Å². The van der Waals surface area contributed by atoms with Crippen LogP contribution in [0.5, 0.6) is 0 Å². The summed E-state index contributed by atoms with van der Waals surface area (Å²) >= 11 is 0. The number of rotatable bonds is 4. The lowest BCUT2D eigenvalue weighted by Crippen LogP contribution is -2.42.